The van der Waals surface area contributed by atoms with E-state index in [1.165, 1.54) is 24.9 Å². The monoisotopic (exact) mass is 403 g/mol. The van der Waals surface area contributed by atoms with E-state index in [0.717, 1.165) is 29.7 Å². The molecule has 7 nitrogen and oxygen atoms in total. The van der Waals surface area contributed by atoms with Gasteiger partial charge in [-0.25, -0.2) is 4.98 Å². The number of aromatic amines is 1. The highest BCUT2D eigenvalue weighted by molar-refractivity contribution is 6.30. The van der Waals surface area contributed by atoms with Gasteiger partial charge < -0.3 is 25.0 Å². The van der Waals surface area contributed by atoms with E-state index in [9.17, 15) is 10.2 Å². The van der Waals surface area contributed by atoms with E-state index in [1.807, 2.05) is 19.1 Å². The maximum absolute atomic E-state index is 10.6. The first-order chi connectivity index (χ1) is 14.5. The van der Waals surface area contributed by atoms with Crippen molar-refractivity contribution in [2.75, 3.05) is 29.4 Å². The maximum Gasteiger partial charge on any atom is 0.145 e. The van der Waals surface area contributed by atoms with Gasteiger partial charge in [-0.2, -0.15) is 0 Å². The van der Waals surface area contributed by atoms with Gasteiger partial charge in [0.1, 0.15) is 23.2 Å². The number of H-pyrrole nitrogens is 1. The summed E-state index contributed by atoms with van der Waals surface area (Å²) in [6, 6.07) is 11.5. The molecule has 0 spiro atoms. The van der Waals surface area contributed by atoms with Gasteiger partial charge in [0.2, 0.25) is 0 Å². The Hall–Kier alpha value is -3.48. The number of aryl methyl sites for hydroxylation is 1. The Morgan fingerprint density at radius 3 is 2.60 bits per heavy atom. The molecule has 2 aromatic carbocycles. The number of fused-ring (bicyclic) bond motifs is 1. The largest absolute Gasteiger partial charge is 0.509 e. The lowest BCUT2D eigenvalue weighted by molar-refractivity contribution is 0.410. The Kier molecular flexibility index (Phi) is 4.38. The fourth-order valence-electron chi connectivity index (χ4n) is 4.36. The molecule has 5 rings (SSSR count). The van der Waals surface area contributed by atoms with Gasteiger partial charge in [-0.05, 0) is 62.1 Å². The van der Waals surface area contributed by atoms with Crippen molar-refractivity contribution in [2.45, 2.75) is 26.2 Å². The van der Waals surface area contributed by atoms with Crippen LogP contribution in [0.25, 0.3) is 16.6 Å². The predicted octanol–water partition coefficient (Wildman–Crippen LogP) is 4.33. The second kappa shape index (κ2) is 7.09. The number of aromatic nitrogens is 2. The number of anilines is 2. The van der Waals surface area contributed by atoms with Crippen molar-refractivity contribution >= 4 is 33.8 Å². The normalized spacial score (nSPS) is 17.4. The minimum Gasteiger partial charge on any atom is -0.509 e. The Morgan fingerprint density at radius 1 is 1.03 bits per heavy atom. The minimum atomic E-state index is 0.0651. The number of benzene rings is 2. The number of phenolic OH excluding ortho intramolecular Hbond substituents is 1. The molecule has 2 aliphatic rings. The molecule has 3 aromatic rings. The topological polar surface area (TPSA) is 99.5 Å². The average molecular weight is 403 g/mol. The molecule has 1 saturated heterocycles. The van der Waals surface area contributed by atoms with Crippen LogP contribution in [0.4, 0.5) is 11.4 Å². The molecule has 30 heavy (non-hydrogen) atoms. The molecular formula is C23H25N5O2. The molecule has 3 heterocycles. The number of aliphatic hydroxyl groups is 1. The van der Waals surface area contributed by atoms with Crippen LogP contribution in [-0.4, -0.2) is 45.7 Å². The van der Waals surface area contributed by atoms with E-state index < -0.39 is 0 Å². The minimum absolute atomic E-state index is 0.0651. The standard InChI is InChI=1S/C23H25N5O2/c1-14-5-8-18(19(29)11-14)28-13-20(30)21(22(28)24)23-25-16-7-6-15(12-17(16)26-23)27-9-3-2-4-10-27/h5-8,11-12,24,29-30H,2-4,9-10,13H2,1H3,(H,25,26). The molecule has 2 aliphatic heterocycles. The number of nitrogens with zero attached hydrogens (tertiary/aromatic N) is 3. The van der Waals surface area contributed by atoms with Crippen LogP contribution in [0.1, 0.15) is 30.7 Å². The number of aliphatic hydroxyl groups excluding tert-OH is 1. The maximum atomic E-state index is 10.6. The summed E-state index contributed by atoms with van der Waals surface area (Å²) in [5.41, 5.74) is 4.65. The van der Waals surface area contributed by atoms with E-state index in [0.29, 0.717) is 17.1 Å². The lowest BCUT2D eigenvalue weighted by Gasteiger charge is -2.28. The van der Waals surface area contributed by atoms with Gasteiger partial charge in [0.25, 0.3) is 0 Å². The molecule has 1 aromatic heterocycles. The molecule has 0 radical (unpaired) electrons. The Labute approximate surface area is 174 Å². The zero-order valence-electron chi connectivity index (χ0n) is 16.9. The van der Waals surface area contributed by atoms with Crippen molar-refractivity contribution in [2.24, 2.45) is 0 Å². The van der Waals surface area contributed by atoms with Crippen molar-refractivity contribution < 1.29 is 10.2 Å². The smallest absolute Gasteiger partial charge is 0.145 e. The van der Waals surface area contributed by atoms with Gasteiger partial charge in [-0.3, -0.25) is 5.41 Å². The van der Waals surface area contributed by atoms with Gasteiger partial charge in [-0.15, -0.1) is 0 Å². The number of hydrogen-bond acceptors (Lipinski definition) is 5. The van der Waals surface area contributed by atoms with E-state index >= 15 is 0 Å². The van der Waals surface area contributed by atoms with Gasteiger partial charge in [0.05, 0.1) is 28.8 Å². The van der Waals surface area contributed by atoms with E-state index in [4.69, 9.17) is 5.41 Å². The van der Waals surface area contributed by atoms with Crippen LogP contribution in [0.2, 0.25) is 0 Å². The molecule has 0 atom stereocenters. The van der Waals surface area contributed by atoms with E-state index in [-0.39, 0.29) is 23.9 Å². The highest BCUT2D eigenvalue weighted by Crippen LogP contribution is 2.36. The number of phenols is 1. The molecule has 0 amide bonds. The van der Waals surface area contributed by atoms with Crippen molar-refractivity contribution in [3.63, 3.8) is 0 Å². The third-order valence-electron chi connectivity index (χ3n) is 5.95. The van der Waals surface area contributed by atoms with Crippen LogP contribution in [-0.2, 0) is 0 Å². The molecule has 1 fully saturated rings. The molecular weight excluding hydrogens is 378 g/mol. The van der Waals surface area contributed by atoms with Crippen molar-refractivity contribution in [1.29, 1.82) is 5.41 Å². The first-order valence-electron chi connectivity index (χ1n) is 10.3. The van der Waals surface area contributed by atoms with Gasteiger partial charge >= 0.3 is 0 Å². The summed E-state index contributed by atoms with van der Waals surface area (Å²) < 4.78 is 0. The fourth-order valence-corrected chi connectivity index (χ4v) is 4.36. The van der Waals surface area contributed by atoms with E-state index in [2.05, 4.69) is 27.0 Å². The fraction of sp³-hybridized carbons (Fsp3) is 0.304. The molecule has 4 N–H and O–H groups in total. The van der Waals surface area contributed by atoms with Crippen LogP contribution in [0.15, 0.2) is 42.2 Å². The number of amidine groups is 1. The molecule has 0 unspecified atom stereocenters. The number of hydrogen-bond donors (Lipinski definition) is 4. The highest BCUT2D eigenvalue weighted by atomic mass is 16.3. The molecule has 7 heteroatoms. The third kappa shape index (κ3) is 3.07. The molecule has 0 aliphatic carbocycles. The number of aromatic hydroxyl groups is 1. The van der Waals surface area contributed by atoms with Crippen LogP contribution >= 0.6 is 0 Å². The Bertz CT molecular complexity index is 1170. The summed E-state index contributed by atoms with van der Waals surface area (Å²) in [6.45, 7) is 4.16. The summed E-state index contributed by atoms with van der Waals surface area (Å²) in [5.74, 6) is 0.735. The lowest BCUT2D eigenvalue weighted by atomic mass is 10.1. The first kappa shape index (κ1) is 18.5. The molecule has 0 saturated carbocycles. The predicted molar refractivity (Wildman–Crippen MR) is 120 cm³/mol. The third-order valence-corrected chi connectivity index (χ3v) is 5.95. The highest BCUT2D eigenvalue weighted by Gasteiger charge is 2.32. The second-order valence-corrected chi connectivity index (χ2v) is 8.08. The second-order valence-electron chi connectivity index (χ2n) is 8.08. The number of imidazole rings is 1. The van der Waals surface area contributed by atoms with Gasteiger partial charge in [-0.1, -0.05) is 6.07 Å². The van der Waals surface area contributed by atoms with Crippen molar-refractivity contribution in [1.82, 2.24) is 9.97 Å². The zero-order chi connectivity index (χ0) is 20.8. The summed E-state index contributed by atoms with van der Waals surface area (Å²) >= 11 is 0. The number of nitrogens with one attached hydrogen (secondary N) is 2. The average Bonchev–Trinajstić information content (AvgIpc) is 3.28. The molecule has 154 valence electrons. The summed E-state index contributed by atoms with van der Waals surface area (Å²) in [5, 5.41) is 29.6. The Balaban J connectivity index is 1.47. The van der Waals surface area contributed by atoms with Crippen LogP contribution < -0.4 is 9.80 Å². The summed E-state index contributed by atoms with van der Waals surface area (Å²) in [6.07, 6.45) is 3.72. The van der Waals surface area contributed by atoms with Crippen LogP contribution in [0.5, 0.6) is 5.75 Å². The number of rotatable bonds is 3. The number of piperidine rings is 1. The quantitative estimate of drug-likeness (QED) is 0.522. The molecule has 0 bridgehead atoms. The van der Waals surface area contributed by atoms with Crippen molar-refractivity contribution in [3.05, 3.63) is 53.5 Å². The summed E-state index contributed by atoms with van der Waals surface area (Å²) in [7, 11) is 0. The Morgan fingerprint density at radius 2 is 1.83 bits per heavy atom. The first-order valence-corrected chi connectivity index (χ1v) is 10.3. The van der Waals surface area contributed by atoms with Crippen LogP contribution in [0.3, 0.4) is 0 Å². The van der Waals surface area contributed by atoms with Crippen LogP contribution in [0, 0.1) is 12.3 Å². The SMILES string of the molecule is Cc1ccc(N2CC(O)=C(c3nc4ccc(N5CCCCC5)cc4[nH]3)C2=N)c(O)c1. The zero-order valence-corrected chi connectivity index (χ0v) is 16.9. The van der Waals surface area contributed by atoms with E-state index in [1.54, 1.807) is 17.0 Å². The van der Waals surface area contributed by atoms with Gasteiger partial charge in [0.15, 0.2) is 0 Å². The lowest BCUT2D eigenvalue weighted by Crippen LogP contribution is -2.29. The van der Waals surface area contributed by atoms with Gasteiger partial charge in [0, 0.05) is 18.8 Å². The van der Waals surface area contributed by atoms with Crippen molar-refractivity contribution in [3.8, 4) is 5.75 Å². The summed E-state index contributed by atoms with van der Waals surface area (Å²) in [4.78, 5) is 11.9.